The largest absolute Gasteiger partial charge is 0.488 e. The smallest absolute Gasteiger partial charge is 0.235 e. The molecule has 1 amide bonds. The van der Waals surface area contributed by atoms with Crippen molar-refractivity contribution in [1.82, 2.24) is 0 Å². The lowest BCUT2D eigenvalue weighted by atomic mass is 9.86. The zero-order valence-corrected chi connectivity index (χ0v) is 13.2. The molecular weight excluding hydrogens is 252 g/mol. The Hall–Kier alpha value is -1.71. The van der Waals surface area contributed by atoms with E-state index in [4.69, 9.17) is 10.5 Å². The molecule has 0 aromatic heterocycles. The Balaban J connectivity index is 2.62. The van der Waals surface area contributed by atoms with Crippen molar-refractivity contribution in [2.24, 2.45) is 5.41 Å². The quantitative estimate of drug-likeness (QED) is 0.741. The molecule has 0 radical (unpaired) electrons. The molecule has 1 aromatic rings. The van der Waals surface area contributed by atoms with E-state index in [2.05, 4.69) is 20.8 Å². The van der Waals surface area contributed by atoms with Gasteiger partial charge in [-0.05, 0) is 37.0 Å². The number of rotatable bonds is 0. The number of carbonyl (C=O) groups excluding carboxylic acids is 1. The van der Waals surface area contributed by atoms with Crippen molar-refractivity contribution in [3.63, 3.8) is 0 Å². The molecule has 2 rings (SSSR count). The summed E-state index contributed by atoms with van der Waals surface area (Å²) in [5.41, 5.74) is 7.99. The van der Waals surface area contributed by atoms with Crippen molar-refractivity contribution < 1.29 is 9.53 Å². The van der Waals surface area contributed by atoms with Gasteiger partial charge in [-0.15, -0.1) is 0 Å². The van der Waals surface area contributed by atoms with Gasteiger partial charge in [-0.3, -0.25) is 4.79 Å². The predicted octanol–water partition coefficient (Wildman–Crippen LogP) is 2.95. The van der Waals surface area contributed by atoms with E-state index in [0.717, 1.165) is 11.3 Å². The van der Waals surface area contributed by atoms with Gasteiger partial charge in [0, 0.05) is 7.05 Å². The van der Waals surface area contributed by atoms with Crippen LogP contribution in [0.2, 0.25) is 0 Å². The van der Waals surface area contributed by atoms with Crippen molar-refractivity contribution in [2.45, 2.75) is 40.0 Å². The van der Waals surface area contributed by atoms with Gasteiger partial charge in [-0.25, -0.2) is 0 Å². The Kier molecular flexibility index (Phi) is 3.23. The van der Waals surface area contributed by atoms with Crippen LogP contribution in [0, 0.1) is 5.41 Å². The molecule has 2 N–H and O–H groups in total. The molecule has 0 aliphatic carbocycles. The summed E-state index contributed by atoms with van der Waals surface area (Å²) in [6.07, 6.45) is 0. The highest BCUT2D eigenvalue weighted by atomic mass is 16.5. The molecule has 20 heavy (non-hydrogen) atoms. The van der Waals surface area contributed by atoms with Crippen LogP contribution in [0.5, 0.6) is 5.75 Å². The molecule has 0 saturated carbocycles. The van der Waals surface area contributed by atoms with E-state index in [-0.39, 0.29) is 11.3 Å². The average molecular weight is 276 g/mol. The Labute approximate surface area is 120 Å². The minimum Gasteiger partial charge on any atom is -0.488 e. The second-order valence-corrected chi connectivity index (χ2v) is 7.20. The van der Waals surface area contributed by atoms with Crippen LogP contribution in [0.1, 0.15) is 40.2 Å². The van der Waals surface area contributed by atoms with Gasteiger partial charge in [0.2, 0.25) is 5.91 Å². The van der Waals surface area contributed by atoms with Crippen LogP contribution in [0.4, 0.5) is 11.4 Å². The molecule has 0 bridgehead atoms. The highest BCUT2D eigenvalue weighted by Crippen LogP contribution is 2.42. The highest BCUT2D eigenvalue weighted by molar-refractivity contribution is 6.00. The Morgan fingerprint density at radius 2 is 1.90 bits per heavy atom. The van der Waals surface area contributed by atoms with Crippen LogP contribution in [-0.2, 0) is 10.2 Å². The van der Waals surface area contributed by atoms with E-state index in [0.29, 0.717) is 18.0 Å². The number of nitrogens with two attached hydrogens (primary N) is 1. The topological polar surface area (TPSA) is 55.6 Å². The van der Waals surface area contributed by atoms with Gasteiger partial charge >= 0.3 is 0 Å². The number of anilines is 2. The first-order valence-corrected chi connectivity index (χ1v) is 6.89. The number of nitrogen functional groups attached to an aromatic ring is 1. The molecule has 1 aliphatic rings. The first-order chi connectivity index (χ1) is 9.04. The Bertz CT molecular complexity index is 556. The van der Waals surface area contributed by atoms with Crippen LogP contribution in [0.15, 0.2) is 12.1 Å². The maximum absolute atomic E-state index is 12.5. The van der Waals surface area contributed by atoms with Crippen molar-refractivity contribution in [2.75, 3.05) is 24.3 Å². The number of fused-ring (bicyclic) bond motifs is 1. The van der Waals surface area contributed by atoms with Gasteiger partial charge in [0.05, 0.1) is 16.8 Å². The van der Waals surface area contributed by atoms with E-state index in [1.807, 2.05) is 26.0 Å². The summed E-state index contributed by atoms with van der Waals surface area (Å²) in [4.78, 5) is 14.2. The van der Waals surface area contributed by atoms with Gasteiger partial charge in [-0.2, -0.15) is 0 Å². The van der Waals surface area contributed by atoms with Crippen LogP contribution in [-0.4, -0.2) is 19.6 Å². The fourth-order valence-electron chi connectivity index (χ4n) is 2.35. The van der Waals surface area contributed by atoms with Gasteiger partial charge < -0.3 is 15.4 Å². The van der Waals surface area contributed by atoms with E-state index in [1.165, 1.54) is 0 Å². The van der Waals surface area contributed by atoms with Crippen molar-refractivity contribution in [1.29, 1.82) is 0 Å². The first kappa shape index (κ1) is 14.7. The number of ether oxygens (including phenoxy) is 1. The van der Waals surface area contributed by atoms with Gasteiger partial charge in [0.25, 0.3) is 0 Å². The van der Waals surface area contributed by atoms with Gasteiger partial charge in [-0.1, -0.05) is 20.8 Å². The van der Waals surface area contributed by atoms with E-state index in [1.54, 1.807) is 11.9 Å². The molecule has 1 aromatic carbocycles. The lowest BCUT2D eigenvalue weighted by Crippen LogP contribution is -2.39. The van der Waals surface area contributed by atoms with Crippen LogP contribution < -0.4 is 15.4 Å². The number of carbonyl (C=O) groups is 1. The minimum absolute atomic E-state index is 0.0329. The fraction of sp³-hybridized carbons (Fsp3) is 0.562. The lowest BCUT2D eigenvalue weighted by Gasteiger charge is -2.26. The molecule has 4 nitrogen and oxygen atoms in total. The third-order valence-corrected chi connectivity index (χ3v) is 3.79. The van der Waals surface area contributed by atoms with E-state index >= 15 is 0 Å². The van der Waals surface area contributed by atoms with Gasteiger partial charge in [0.15, 0.2) is 5.75 Å². The normalized spacial score (nSPS) is 18.3. The molecule has 0 saturated heterocycles. The minimum atomic E-state index is -0.553. The second-order valence-electron chi connectivity index (χ2n) is 7.20. The first-order valence-electron chi connectivity index (χ1n) is 6.89. The molecular formula is C16H24N2O2. The summed E-state index contributed by atoms with van der Waals surface area (Å²) in [5.74, 6) is 0.654. The Morgan fingerprint density at radius 3 is 2.45 bits per heavy atom. The number of benzene rings is 1. The fourth-order valence-corrected chi connectivity index (χ4v) is 2.35. The zero-order valence-electron chi connectivity index (χ0n) is 13.2. The molecule has 0 fully saturated rings. The number of hydrogen-bond donors (Lipinski definition) is 1. The van der Waals surface area contributed by atoms with Crippen LogP contribution in [0.25, 0.3) is 0 Å². The van der Waals surface area contributed by atoms with Crippen LogP contribution in [0.3, 0.4) is 0 Å². The predicted molar refractivity (Wildman–Crippen MR) is 82.2 cm³/mol. The molecule has 4 heteroatoms. The molecule has 0 atom stereocenters. The molecule has 1 aliphatic heterocycles. The van der Waals surface area contributed by atoms with Crippen LogP contribution >= 0.6 is 0 Å². The summed E-state index contributed by atoms with van der Waals surface area (Å²) >= 11 is 0. The van der Waals surface area contributed by atoms with Crippen molar-refractivity contribution in [3.05, 3.63) is 17.7 Å². The van der Waals surface area contributed by atoms with E-state index < -0.39 is 5.41 Å². The van der Waals surface area contributed by atoms with Crippen molar-refractivity contribution in [3.8, 4) is 5.75 Å². The summed E-state index contributed by atoms with van der Waals surface area (Å²) < 4.78 is 5.82. The monoisotopic (exact) mass is 276 g/mol. The summed E-state index contributed by atoms with van der Waals surface area (Å²) in [6.45, 7) is 10.5. The van der Waals surface area contributed by atoms with Crippen molar-refractivity contribution >= 4 is 17.3 Å². The second kappa shape index (κ2) is 4.40. The zero-order chi connectivity index (χ0) is 15.3. The number of nitrogens with zero attached hydrogens (tertiary/aromatic N) is 1. The summed E-state index contributed by atoms with van der Waals surface area (Å²) in [7, 11) is 1.78. The summed E-state index contributed by atoms with van der Waals surface area (Å²) in [6, 6.07) is 3.94. The Morgan fingerprint density at radius 1 is 1.30 bits per heavy atom. The maximum Gasteiger partial charge on any atom is 0.235 e. The lowest BCUT2D eigenvalue weighted by molar-refractivity contribution is -0.127. The molecule has 110 valence electrons. The standard InChI is InChI=1S/C16H24N2O2/c1-15(2,3)10-7-11(17)13-12(8-10)18(6)14(19)16(4,5)9-20-13/h7-8H,9,17H2,1-6H3. The average Bonchev–Trinajstić information content (AvgIpc) is 2.40. The third kappa shape index (κ3) is 2.35. The summed E-state index contributed by atoms with van der Waals surface area (Å²) in [5, 5.41) is 0. The van der Waals surface area contributed by atoms with E-state index in [9.17, 15) is 4.79 Å². The molecule has 0 unspecified atom stereocenters. The number of amides is 1. The highest BCUT2D eigenvalue weighted by Gasteiger charge is 2.37. The SMILES string of the molecule is CN1C(=O)C(C)(C)COc2c(N)cc(C(C)(C)C)cc21. The molecule has 1 heterocycles. The maximum atomic E-state index is 12.5. The molecule has 0 spiro atoms. The number of hydrogen-bond acceptors (Lipinski definition) is 3. The van der Waals surface area contributed by atoms with Gasteiger partial charge in [0.1, 0.15) is 6.61 Å². The third-order valence-electron chi connectivity index (χ3n) is 3.79.